The van der Waals surface area contributed by atoms with Crippen molar-refractivity contribution in [3.63, 3.8) is 0 Å². The van der Waals surface area contributed by atoms with Crippen molar-refractivity contribution in [2.45, 2.75) is 46.4 Å². The van der Waals surface area contributed by atoms with Gasteiger partial charge in [-0.2, -0.15) is 0 Å². The summed E-state index contributed by atoms with van der Waals surface area (Å²) < 4.78 is 11.0. The molecule has 1 heterocycles. The Morgan fingerprint density at radius 2 is 1.63 bits per heavy atom. The van der Waals surface area contributed by atoms with Gasteiger partial charge < -0.3 is 25.0 Å². The molecule has 0 aliphatic carbocycles. The number of benzene rings is 3. The van der Waals surface area contributed by atoms with E-state index in [1.54, 1.807) is 24.3 Å². The van der Waals surface area contributed by atoms with E-state index >= 15 is 0 Å². The number of hydrogen-bond donors (Lipinski definition) is 3. The second-order valence-electron chi connectivity index (χ2n) is 9.26. The first-order valence-electron chi connectivity index (χ1n) is 12.3. The minimum absolute atomic E-state index is 0.284. The molecule has 4 rings (SSSR count). The molecule has 4 aromatic rings. The summed E-state index contributed by atoms with van der Waals surface area (Å²) >= 11 is 0. The second kappa shape index (κ2) is 11.6. The normalized spacial score (nSPS) is 12.4. The molecule has 1 aromatic heterocycles. The number of nitrogens with zero attached hydrogens (tertiary/aromatic N) is 1. The lowest BCUT2D eigenvalue weighted by Gasteiger charge is -2.25. The number of ether oxygens (including phenoxy) is 1. The minimum Gasteiger partial charge on any atom is -0.489 e. The number of carbonyl (C=O) groups excluding carboxylic acids is 1. The van der Waals surface area contributed by atoms with Crippen LogP contribution in [0.15, 0.2) is 77.3 Å². The van der Waals surface area contributed by atoms with E-state index in [4.69, 9.17) is 9.26 Å². The van der Waals surface area contributed by atoms with E-state index in [2.05, 4.69) is 21.9 Å². The van der Waals surface area contributed by atoms with Crippen LogP contribution in [-0.4, -0.2) is 22.3 Å². The third-order valence-electron chi connectivity index (χ3n) is 6.46. The lowest BCUT2D eigenvalue weighted by molar-refractivity contribution is -0.123. The molecule has 0 radical (unpaired) electrons. The molecule has 196 valence electrons. The SMILES string of the molecule is Cc1ccc(C(NC(=O)C(NC(=O)O)c2ccc(OCc3c(C)noc3C)cc2)c2ccccc2)c(C)c1. The molecule has 2 amide bonds. The van der Waals surface area contributed by atoms with Gasteiger partial charge in [-0.3, -0.25) is 4.79 Å². The van der Waals surface area contributed by atoms with Gasteiger partial charge in [0.05, 0.1) is 17.3 Å². The average Bonchev–Trinajstić information content (AvgIpc) is 3.22. The number of amides is 2. The molecule has 0 saturated carbocycles. The maximum absolute atomic E-state index is 13.6. The zero-order valence-electron chi connectivity index (χ0n) is 21.8. The summed E-state index contributed by atoms with van der Waals surface area (Å²) in [5, 5.41) is 18.9. The van der Waals surface area contributed by atoms with Gasteiger partial charge in [0.1, 0.15) is 24.2 Å². The number of rotatable bonds is 9. The summed E-state index contributed by atoms with van der Waals surface area (Å²) in [5.41, 5.74) is 6.10. The van der Waals surface area contributed by atoms with Gasteiger partial charge in [0.25, 0.3) is 0 Å². The monoisotopic (exact) mass is 513 g/mol. The fourth-order valence-corrected chi connectivity index (χ4v) is 4.40. The summed E-state index contributed by atoms with van der Waals surface area (Å²) in [6, 6.07) is 20.8. The Labute approximate surface area is 221 Å². The second-order valence-corrected chi connectivity index (χ2v) is 9.26. The lowest BCUT2D eigenvalue weighted by atomic mass is 9.93. The highest BCUT2D eigenvalue weighted by molar-refractivity contribution is 5.87. The molecule has 3 aromatic carbocycles. The van der Waals surface area contributed by atoms with Crippen LogP contribution in [0.4, 0.5) is 4.79 Å². The number of aromatic nitrogens is 1. The smallest absolute Gasteiger partial charge is 0.405 e. The number of carbonyl (C=O) groups is 2. The Kier molecular flexibility index (Phi) is 8.11. The van der Waals surface area contributed by atoms with Gasteiger partial charge in [0.15, 0.2) is 0 Å². The predicted molar refractivity (Wildman–Crippen MR) is 143 cm³/mol. The van der Waals surface area contributed by atoms with Gasteiger partial charge in [-0.05, 0) is 62.1 Å². The van der Waals surface area contributed by atoms with Crippen LogP contribution >= 0.6 is 0 Å². The number of aryl methyl sites for hydroxylation is 4. The molecule has 0 aliphatic rings. The van der Waals surface area contributed by atoms with Gasteiger partial charge in [0.2, 0.25) is 5.91 Å². The fraction of sp³-hybridized carbons (Fsp3) is 0.233. The highest BCUT2D eigenvalue weighted by Gasteiger charge is 2.27. The van der Waals surface area contributed by atoms with E-state index in [0.29, 0.717) is 17.1 Å². The van der Waals surface area contributed by atoms with Gasteiger partial charge in [-0.1, -0.05) is 71.4 Å². The highest BCUT2D eigenvalue weighted by atomic mass is 16.5. The largest absolute Gasteiger partial charge is 0.489 e. The zero-order valence-corrected chi connectivity index (χ0v) is 21.8. The van der Waals surface area contributed by atoms with E-state index in [9.17, 15) is 14.7 Å². The van der Waals surface area contributed by atoms with E-state index in [1.807, 2.05) is 70.2 Å². The molecular weight excluding hydrogens is 482 g/mol. The van der Waals surface area contributed by atoms with Crippen LogP contribution in [0, 0.1) is 27.7 Å². The standard InChI is InChI=1S/C30H31N3O5/c1-18-10-15-25(19(2)16-18)27(22-8-6-5-7-9-22)31-29(34)28(32-30(35)36)23-11-13-24(14-12-23)37-17-26-20(3)33-38-21(26)4/h5-16,27-28,32H,17H2,1-4H3,(H,31,34)(H,35,36). The minimum atomic E-state index is -1.30. The molecule has 0 spiro atoms. The molecule has 2 atom stereocenters. The molecule has 3 N–H and O–H groups in total. The van der Waals surface area contributed by atoms with Crippen LogP contribution < -0.4 is 15.4 Å². The number of hydrogen-bond acceptors (Lipinski definition) is 5. The summed E-state index contributed by atoms with van der Waals surface area (Å²) in [7, 11) is 0. The first-order chi connectivity index (χ1) is 18.2. The van der Waals surface area contributed by atoms with Gasteiger partial charge in [-0.25, -0.2) is 4.79 Å². The third kappa shape index (κ3) is 6.21. The van der Waals surface area contributed by atoms with Crippen molar-refractivity contribution in [1.29, 1.82) is 0 Å². The molecule has 8 heteroatoms. The Hall–Kier alpha value is -4.59. The molecule has 8 nitrogen and oxygen atoms in total. The summed E-state index contributed by atoms with van der Waals surface area (Å²) in [5.74, 6) is 0.796. The fourth-order valence-electron chi connectivity index (χ4n) is 4.40. The van der Waals surface area contributed by atoms with Crippen molar-refractivity contribution in [1.82, 2.24) is 15.8 Å². The van der Waals surface area contributed by atoms with Crippen LogP contribution in [0.3, 0.4) is 0 Å². The third-order valence-corrected chi connectivity index (χ3v) is 6.46. The number of carboxylic acid groups (broad SMARTS) is 1. The van der Waals surface area contributed by atoms with Crippen LogP contribution in [0.25, 0.3) is 0 Å². The Bertz CT molecular complexity index is 1390. The Morgan fingerprint density at radius 1 is 0.921 bits per heavy atom. The van der Waals surface area contributed by atoms with E-state index < -0.39 is 24.1 Å². The maximum atomic E-state index is 13.6. The average molecular weight is 514 g/mol. The number of nitrogens with one attached hydrogen (secondary N) is 2. The van der Waals surface area contributed by atoms with Crippen molar-refractivity contribution in [2.75, 3.05) is 0 Å². The topological polar surface area (TPSA) is 114 Å². The lowest BCUT2D eigenvalue weighted by Crippen LogP contribution is -2.41. The molecule has 38 heavy (non-hydrogen) atoms. The van der Waals surface area contributed by atoms with E-state index in [0.717, 1.165) is 33.5 Å². The van der Waals surface area contributed by atoms with Gasteiger partial charge in [-0.15, -0.1) is 0 Å². The predicted octanol–water partition coefficient (Wildman–Crippen LogP) is 5.70. The van der Waals surface area contributed by atoms with Crippen LogP contribution in [-0.2, 0) is 11.4 Å². The van der Waals surface area contributed by atoms with E-state index in [-0.39, 0.29) is 6.61 Å². The molecule has 0 aliphatic heterocycles. The van der Waals surface area contributed by atoms with Crippen molar-refractivity contribution >= 4 is 12.0 Å². The Balaban J connectivity index is 1.57. The summed E-state index contributed by atoms with van der Waals surface area (Å²) in [6.45, 7) is 7.97. The van der Waals surface area contributed by atoms with E-state index in [1.165, 1.54) is 0 Å². The molecule has 0 bridgehead atoms. The zero-order chi connectivity index (χ0) is 27.2. The summed E-state index contributed by atoms with van der Waals surface area (Å²) in [4.78, 5) is 25.2. The molecule has 0 fully saturated rings. The van der Waals surface area contributed by atoms with Crippen molar-refractivity contribution < 1.29 is 24.0 Å². The Morgan fingerprint density at radius 3 is 2.24 bits per heavy atom. The molecule has 2 unspecified atom stereocenters. The van der Waals surface area contributed by atoms with Gasteiger partial charge in [0, 0.05) is 0 Å². The van der Waals surface area contributed by atoms with Gasteiger partial charge >= 0.3 is 6.09 Å². The van der Waals surface area contributed by atoms with Crippen LogP contribution in [0.2, 0.25) is 0 Å². The quantitative estimate of drug-likeness (QED) is 0.265. The molecule has 0 saturated heterocycles. The van der Waals surface area contributed by atoms with Crippen molar-refractivity contribution in [3.05, 3.63) is 118 Å². The van der Waals surface area contributed by atoms with Crippen LogP contribution in [0.5, 0.6) is 5.75 Å². The molecular formula is C30H31N3O5. The maximum Gasteiger partial charge on any atom is 0.405 e. The highest BCUT2D eigenvalue weighted by Crippen LogP contribution is 2.28. The van der Waals surface area contributed by atoms with Crippen LogP contribution in [0.1, 0.15) is 56.9 Å². The summed E-state index contributed by atoms with van der Waals surface area (Å²) in [6.07, 6.45) is -1.30. The van der Waals surface area contributed by atoms with Crippen molar-refractivity contribution in [3.8, 4) is 5.75 Å². The first kappa shape index (κ1) is 26.5. The van der Waals surface area contributed by atoms with Crippen molar-refractivity contribution in [2.24, 2.45) is 0 Å². The first-order valence-corrected chi connectivity index (χ1v) is 12.3.